The third-order valence-electron chi connectivity index (χ3n) is 10.9. The zero-order valence-corrected chi connectivity index (χ0v) is 25.4. The van der Waals surface area contributed by atoms with Gasteiger partial charge in [-0.2, -0.15) is 0 Å². The normalized spacial score (nSPS) is 38.0. The van der Waals surface area contributed by atoms with Crippen molar-refractivity contribution in [1.29, 1.82) is 0 Å². The molecule has 4 aliphatic carbocycles. The van der Waals surface area contributed by atoms with Crippen LogP contribution in [0.4, 0.5) is 0 Å². The number of allylic oxidation sites excluding steroid dienone is 4. The minimum atomic E-state index is -1.54. The number of carbonyl (C=O) groups excluding carboxylic acids is 2. The quantitative estimate of drug-likeness (QED) is 0.380. The van der Waals surface area contributed by atoms with Crippen LogP contribution in [0.15, 0.2) is 53.1 Å². The van der Waals surface area contributed by atoms with Gasteiger partial charge in [-0.1, -0.05) is 62.4 Å². The first-order valence-electron chi connectivity index (χ1n) is 14.8. The van der Waals surface area contributed by atoms with Gasteiger partial charge in [0.15, 0.2) is 11.6 Å². The summed E-state index contributed by atoms with van der Waals surface area (Å²) in [5.41, 5.74) is -0.705. The molecule has 0 bridgehead atoms. The Kier molecular flexibility index (Phi) is 7.08. The summed E-state index contributed by atoms with van der Waals surface area (Å²) in [6.45, 7) is 6.77. The summed E-state index contributed by atoms with van der Waals surface area (Å²) in [4.78, 5) is 37.8. The fraction of sp³-hybridized carbons (Fsp3) is 0.576. The Morgan fingerprint density at radius 1 is 1.20 bits per heavy atom. The van der Waals surface area contributed by atoms with Crippen molar-refractivity contribution in [2.75, 3.05) is 19.8 Å². The molecule has 1 heterocycles. The lowest BCUT2D eigenvalue weighted by Crippen LogP contribution is -2.62. The van der Waals surface area contributed by atoms with Gasteiger partial charge in [-0.3, -0.25) is 9.59 Å². The standard InChI is InChI=1S/C33H41N3O4S/c1-19-14-24-22-11-10-20-15-21(37)12-13-31(20,2)29(22)26(38)16-32(24,3)33(19,40)27(39)18-41-30-23-8-6-7-9-25(23)34-28(35-30)17-36(4)5/h6-9,12-13,15,19,22,24,26,29,38,40H,10-11,14,16-18H2,1-5H3/t19-,22?,24?,26?,29?,31?,32?,33+/m1/s1. The van der Waals surface area contributed by atoms with E-state index in [0.29, 0.717) is 18.8 Å². The topological polar surface area (TPSA) is 104 Å². The molecule has 0 aliphatic heterocycles. The maximum Gasteiger partial charge on any atom is 0.178 e. The summed E-state index contributed by atoms with van der Waals surface area (Å²) in [5, 5.41) is 25.8. The lowest BCUT2D eigenvalue weighted by molar-refractivity contribution is -0.179. The van der Waals surface area contributed by atoms with Crippen LogP contribution in [-0.2, 0) is 16.1 Å². The van der Waals surface area contributed by atoms with Crippen LogP contribution in [0.25, 0.3) is 10.9 Å². The van der Waals surface area contributed by atoms with Crippen molar-refractivity contribution in [2.24, 2.45) is 34.5 Å². The second kappa shape index (κ2) is 10.1. The lowest BCUT2D eigenvalue weighted by atomic mass is 9.46. The highest BCUT2D eigenvalue weighted by Gasteiger charge is 2.70. The van der Waals surface area contributed by atoms with E-state index in [0.717, 1.165) is 40.8 Å². The molecule has 218 valence electrons. The molecule has 0 spiro atoms. The van der Waals surface area contributed by atoms with Gasteiger partial charge in [0.05, 0.1) is 23.9 Å². The lowest BCUT2D eigenvalue weighted by Gasteiger charge is -2.59. The van der Waals surface area contributed by atoms with Crippen molar-refractivity contribution in [3.05, 3.63) is 53.9 Å². The van der Waals surface area contributed by atoms with Crippen molar-refractivity contribution >= 4 is 34.2 Å². The first-order chi connectivity index (χ1) is 19.4. The molecule has 3 fully saturated rings. The minimum absolute atomic E-state index is 0.0170. The maximum absolute atomic E-state index is 14.1. The predicted molar refractivity (Wildman–Crippen MR) is 160 cm³/mol. The monoisotopic (exact) mass is 575 g/mol. The number of thioether (sulfide) groups is 1. The van der Waals surface area contributed by atoms with E-state index in [1.807, 2.05) is 63.2 Å². The Bertz CT molecular complexity index is 1470. The second-order valence-electron chi connectivity index (χ2n) is 13.5. The average Bonchev–Trinajstić information content (AvgIpc) is 3.12. The van der Waals surface area contributed by atoms with Crippen molar-refractivity contribution in [3.8, 4) is 0 Å². The molecule has 0 radical (unpaired) electrons. The van der Waals surface area contributed by atoms with Crippen molar-refractivity contribution < 1.29 is 19.8 Å². The molecular weight excluding hydrogens is 534 g/mol. The van der Waals surface area contributed by atoms with Crippen LogP contribution in [0.3, 0.4) is 0 Å². The van der Waals surface area contributed by atoms with E-state index in [1.165, 1.54) is 11.8 Å². The van der Waals surface area contributed by atoms with Gasteiger partial charge in [0.25, 0.3) is 0 Å². The maximum atomic E-state index is 14.1. The van der Waals surface area contributed by atoms with E-state index in [2.05, 4.69) is 6.92 Å². The van der Waals surface area contributed by atoms with Crippen molar-refractivity contribution in [2.45, 2.75) is 69.7 Å². The highest BCUT2D eigenvalue weighted by atomic mass is 32.2. The largest absolute Gasteiger partial charge is 0.393 e. The van der Waals surface area contributed by atoms with E-state index >= 15 is 0 Å². The van der Waals surface area contributed by atoms with Crippen LogP contribution < -0.4 is 0 Å². The van der Waals surface area contributed by atoms with Crippen LogP contribution in [0.1, 0.15) is 52.3 Å². The fourth-order valence-corrected chi connectivity index (χ4v) is 10.0. The van der Waals surface area contributed by atoms with Gasteiger partial charge < -0.3 is 15.1 Å². The molecule has 2 aromatic rings. The molecule has 41 heavy (non-hydrogen) atoms. The van der Waals surface area contributed by atoms with Crippen LogP contribution in [-0.4, -0.2) is 68.2 Å². The number of fused-ring (bicyclic) bond motifs is 6. The number of aliphatic hydroxyl groups excluding tert-OH is 1. The molecule has 4 aliphatic rings. The summed E-state index contributed by atoms with van der Waals surface area (Å²) in [6.07, 6.45) is 7.49. The number of rotatable bonds is 6. The van der Waals surface area contributed by atoms with E-state index in [9.17, 15) is 19.8 Å². The number of benzene rings is 1. The van der Waals surface area contributed by atoms with E-state index in [-0.39, 0.29) is 46.4 Å². The predicted octanol–water partition coefficient (Wildman–Crippen LogP) is 4.61. The Labute approximate surface area is 246 Å². The number of aliphatic hydroxyl groups is 2. The van der Waals surface area contributed by atoms with Crippen LogP contribution in [0.5, 0.6) is 0 Å². The summed E-state index contributed by atoms with van der Waals surface area (Å²) in [5.74, 6) is 0.647. The summed E-state index contributed by atoms with van der Waals surface area (Å²) >= 11 is 1.37. The average molecular weight is 576 g/mol. The van der Waals surface area contributed by atoms with E-state index < -0.39 is 17.1 Å². The number of ketones is 2. The Hall–Kier alpha value is -2.39. The molecule has 7 nitrogen and oxygen atoms in total. The van der Waals surface area contributed by atoms with E-state index in [4.69, 9.17) is 9.97 Å². The highest BCUT2D eigenvalue weighted by Crippen LogP contribution is 2.68. The molecule has 6 unspecified atom stereocenters. The Balaban J connectivity index is 1.28. The highest BCUT2D eigenvalue weighted by molar-refractivity contribution is 8.00. The van der Waals surface area contributed by atoms with Crippen molar-refractivity contribution in [3.63, 3.8) is 0 Å². The molecular formula is C33H41N3O4S. The van der Waals surface area contributed by atoms with Crippen molar-refractivity contribution in [1.82, 2.24) is 14.9 Å². The van der Waals surface area contributed by atoms with Crippen LogP contribution >= 0.6 is 11.8 Å². The molecule has 8 heteroatoms. The zero-order chi connectivity index (χ0) is 29.3. The number of aromatic nitrogens is 2. The molecule has 8 atom stereocenters. The molecule has 3 saturated carbocycles. The number of carbonyl (C=O) groups is 2. The van der Waals surface area contributed by atoms with E-state index in [1.54, 1.807) is 12.2 Å². The Morgan fingerprint density at radius 3 is 2.71 bits per heavy atom. The summed E-state index contributed by atoms with van der Waals surface area (Å²) < 4.78 is 0. The molecule has 0 amide bonds. The number of hydrogen-bond donors (Lipinski definition) is 2. The van der Waals surface area contributed by atoms with Gasteiger partial charge >= 0.3 is 0 Å². The van der Waals surface area contributed by atoms with Crippen LogP contribution in [0.2, 0.25) is 0 Å². The molecule has 6 rings (SSSR count). The van der Waals surface area contributed by atoms with Gasteiger partial charge in [-0.15, -0.1) is 0 Å². The number of hydrogen-bond acceptors (Lipinski definition) is 8. The first kappa shape index (κ1) is 28.7. The third-order valence-corrected chi connectivity index (χ3v) is 11.9. The number of nitrogens with zero attached hydrogens (tertiary/aromatic N) is 3. The van der Waals surface area contributed by atoms with Gasteiger partial charge in [0.1, 0.15) is 16.5 Å². The van der Waals surface area contributed by atoms with Gasteiger partial charge in [0.2, 0.25) is 0 Å². The molecule has 1 aromatic carbocycles. The molecule has 2 N–H and O–H groups in total. The fourth-order valence-electron chi connectivity index (χ4n) is 9.05. The third kappa shape index (κ3) is 4.36. The SMILES string of the molecule is C[C@@H]1CC2C3CCC4=CC(=O)C=CC4(C)C3C(O)CC2(C)[C@@]1(O)C(=O)CSc1nc(CN(C)C)nc2ccccc12. The number of Topliss-reactive ketones (excluding diaryl/α,β-unsaturated/α-hetero) is 1. The van der Waals surface area contributed by atoms with Crippen LogP contribution in [0, 0.1) is 34.5 Å². The summed E-state index contributed by atoms with van der Waals surface area (Å²) in [6, 6.07) is 7.83. The van der Waals surface area contributed by atoms with Gasteiger partial charge in [0, 0.05) is 22.1 Å². The Morgan fingerprint density at radius 2 is 1.95 bits per heavy atom. The first-order valence-corrected chi connectivity index (χ1v) is 15.8. The van der Waals surface area contributed by atoms with Gasteiger partial charge in [-0.05, 0) is 75.8 Å². The summed E-state index contributed by atoms with van der Waals surface area (Å²) in [7, 11) is 3.94. The molecule has 0 saturated heterocycles. The zero-order valence-electron chi connectivity index (χ0n) is 24.6. The minimum Gasteiger partial charge on any atom is -0.393 e. The van der Waals surface area contributed by atoms with Gasteiger partial charge in [-0.25, -0.2) is 9.97 Å². The second-order valence-corrected chi connectivity index (χ2v) is 14.5. The molecule has 1 aromatic heterocycles. The smallest absolute Gasteiger partial charge is 0.178 e. The number of para-hydroxylation sites is 1.